The van der Waals surface area contributed by atoms with Crippen LogP contribution in [0.15, 0.2) is 95.4 Å². The first-order chi connectivity index (χ1) is 18.9. The Labute approximate surface area is 226 Å². The number of nitrogens with zero attached hydrogens (tertiary/aromatic N) is 1. The molecule has 0 saturated carbocycles. The fourth-order valence-corrected chi connectivity index (χ4v) is 3.79. The van der Waals surface area contributed by atoms with Crippen molar-refractivity contribution in [3.63, 3.8) is 0 Å². The number of methoxy groups -OCH3 is 1. The molecule has 0 fully saturated rings. The Morgan fingerprint density at radius 2 is 1.59 bits per heavy atom. The summed E-state index contributed by atoms with van der Waals surface area (Å²) in [5.74, 6) is 2.04. The number of carboxylic acids is 1. The van der Waals surface area contributed by atoms with Crippen molar-refractivity contribution in [1.29, 1.82) is 0 Å². The zero-order valence-corrected chi connectivity index (χ0v) is 21.7. The number of rotatable bonds is 11. The van der Waals surface area contributed by atoms with Crippen molar-refractivity contribution in [2.24, 2.45) is 0 Å². The molecule has 0 spiro atoms. The summed E-state index contributed by atoms with van der Waals surface area (Å²) < 4.78 is 22.1. The zero-order valence-electron chi connectivity index (χ0n) is 21.7. The Hall–Kier alpha value is -4.98. The van der Waals surface area contributed by atoms with Crippen LogP contribution < -0.4 is 14.2 Å². The fourth-order valence-electron chi connectivity index (χ4n) is 3.79. The van der Waals surface area contributed by atoms with Crippen LogP contribution in [0.3, 0.4) is 0 Å². The molecule has 0 bridgehead atoms. The molecule has 1 aromatic heterocycles. The number of amides is 1. The molecule has 1 amide bonds. The number of carboxylic acid groups (broad SMARTS) is 1. The first-order valence-corrected chi connectivity index (χ1v) is 12.3. The average molecular weight is 528 g/mol. The monoisotopic (exact) mass is 527 g/mol. The molecule has 0 unspecified atom stereocenters. The van der Waals surface area contributed by atoms with Gasteiger partial charge in [0.25, 0.3) is 0 Å². The molecular weight excluding hydrogens is 498 g/mol. The van der Waals surface area contributed by atoms with Crippen LogP contribution in [0.25, 0.3) is 17.4 Å². The molecule has 4 aromatic rings. The summed E-state index contributed by atoms with van der Waals surface area (Å²) in [5.41, 5.74) is 2.73. The summed E-state index contributed by atoms with van der Waals surface area (Å²) in [4.78, 5) is 25.1. The maximum absolute atomic E-state index is 12.6. The molecule has 0 aliphatic heterocycles. The third-order valence-electron chi connectivity index (χ3n) is 5.80. The minimum absolute atomic E-state index is 0.0605. The molecule has 8 heteroatoms. The Balaban J connectivity index is 1.31. The van der Waals surface area contributed by atoms with Gasteiger partial charge in [-0.25, -0.2) is 4.79 Å². The molecule has 200 valence electrons. The molecule has 4 rings (SSSR count). The molecule has 8 nitrogen and oxygen atoms in total. The summed E-state index contributed by atoms with van der Waals surface area (Å²) in [6.07, 6.45) is 3.10. The number of aryl methyl sites for hydroxylation is 1. The van der Waals surface area contributed by atoms with E-state index in [1.807, 2.05) is 55.5 Å². The number of aliphatic carboxylic acids is 1. The lowest BCUT2D eigenvalue weighted by molar-refractivity contribution is -0.138. The van der Waals surface area contributed by atoms with Gasteiger partial charge in [-0.1, -0.05) is 48.5 Å². The maximum atomic E-state index is 12.6. The lowest BCUT2D eigenvalue weighted by Crippen LogP contribution is -2.37. The molecule has 39 heavy (non-hydrogen) atoms. The van der Waals surface area contributed by atoms with E-state index in [2.05, 4.69) is 0 Å². The van der Waals surface area contributed by atoms with Crippen LogP contribution in [-0.4, -0.2) is 42.3 Å². The van der Waals surface area contributed by atoms with Gasteiger partial charge >= 0.3 is 12.1 Å². The van der Waals surface area contributed by atoms with Gasteiger partial charge in [0.05, 0.1) is 7.11 Å². The predicted octanol–water partition coefficient (Wildman–Crippen LogP) is 6.44. The lowest BCUT2D eigenvalue weighted by Gasteiger charge is -2.20. The van der Waals surface area contributed by atoms with Gasteiger partial charge in [0.1, 0.15) is 41.9 Å². The number of hydrogen-bond acceptors (Lipinski definition) is 6. The topological polar surface area (TPSA) is 98.4 Å². The van der Waals surface area contributed by atoms with E-state index in [1.165, 1.54) is 7.11 Å². The minimum atomic E-state index is -1.14. The van der Waals surface area contributed by atoms with Crippen molar-refractivity contribution < 1.29 is 33.3 Å². The van der Waals surface area contributed by atoms with Gasteiger partial charge in [0.2, 0.25) is 0 Å². The van der Waals surface area contributed by atoms with Gasteiger partial charge in [-0.05, 0) is 61.0 Å². The Morgan fingerprint density at radius 3 is 2.26 bits per heavy atom. The minimum Gasteiger partial charge on any atom is -0.497 e. The second-order valence-corrected chi connectivity index (χ2v) is 8.64. The third-order valence-corrected chi connectivity index (χ3v) is 5.80. The van der Waals surface area contributed by atoms with Gasteiger partial charge in [0.15, 0.2) is 0 Å². The highest BCUT2D eigenvalue weighted by Crippen LogP contribution is 2.26. The standard InChI is InChI=1S/C31H29NO7/c1-22-25(19-29(38-22)24-7-4-3-5-8-24)9-6-18-37-27-12-10-23(11-13-27)20-32(21-30(33)34)31(35)39-28-16-14-26(36-2)15-17-28/h3-17,19H,18,20-21H2,1-2H3,(H,33,34)/b9-6-. The number of ether oxygens (including phenoxy) is 3. The quantitative estimate of drug-likeness (QED) is 0.240. The number of carbonyl (C=O) groups is 2. The van der Waals surface area contributed by atoms with Gasteiger partial charge < -0.3 is 23.7 Å². The predicted molar refractivity (Wildman–Crippen MR) is 147 cm³/mol. The molecule has 1 heterocycles. The highest BCUT2D eigenvalue weighted by Gasteiger charge is 2.19. The molecule has 0 saturated heterocycles. The lowest BCUT2D eigenvalue weighted by atomic mass is 10.1. The number of carbonyl (C=O) groups excluding carboxylic acids is 1. The van der Waals surface area contributed by atoms with Crippen LogP contribution in [-0.2, 0) is 11.3 Å². The van der Waals surface area contributed by atoms with E-state index < -0.39 is 18.6 Å². The van der Waals surface area contributed by atoms with E-state index in [0.717, 1.165) is 33.1 Å². The molecule has 3 aromatic carbocycles. The van der Waals surface area contributed by atoms with Crippen LogP contribution in [0.2, 0.25) is 0 Å². The number of furan rings is 1. The van der Waals surface area contributed by atoms with Gasteiger partial charge in [-0.2, -0.15) is 0 Å². The number of benzene rings is 3. The highest BCUT2D eigenvalue weighted by atomic mass is 16.6. The molecule has 1 N–H and O–H groups in total. The van der Waals surface area contributed by atoms with E-state index >= 15 is 0 Å². The van der Waals surface area contributed by atoms with Gasteiger partial charge in [0, 0.05) is 17.7 Å². The third kappa shape index (κ3) is 7.75. The van der Waals surface area contributed by atoms with Crippen LogP contribution in [0, 0.1) is 6.92 Å². The Kier molecular flexibility index (Phi) is 9.03. The summed E-state index contributed by atoms with van der Waals surface area (Å²) in [7, 11) is 1.53. The first kappa shape index (κ1) is 27.1. The van der Waals surface area contributed by atoms with Crippen molar-refractivity contribution in [3.05, 3.63) is 108 Å². The Morgan fingerprint density at radius 1 is 0.923 bits per heavy atom. The SMILES string of the molecule is COc1ccc(OC(=O)N(CC(=O)O)Cc2ccc(OC/C=C\c3cc(-c4ccccc4)oc3C)cc2)cc1. The molecular formula is C31H29NO7. The fraction of sp³-hybridized carbons (Fsp3) is 0.161. The van der Waals surface area contributed by atoms with E-state index in [4.69, 9.17) is 18.6 Å². The van der Waals surface area contributed by atoms with Gasteiger partial charge in [-0.15, -0.1) is 0 Å². The zero-order chi connectivity index (χ0) is 27.6. The van der Waals surface area contributed by atoms with Crippen molar-refractivity contribution >= 4 is 18.1 Å². The normalized spacial score (nSPS) is 10.8. The second-order valence-electron chi connectivity index (χ2n) is 8.64. The maximum Gasteiger partial charge on any atom is 0.416 e. The highest BCUT2D eigenvalue weighted by molar-refractivity contribution is 5.78. The molecule has 0 radical (unpaired) electrons. The van der Waals surface area contributed by atoms with Crippen LogP contribution in [0.1, 0.15) is 16.9 Å². The summed E-state index contributed by atoms with van der Waals surface area (Å²) in [6, 6.07) is 25.5. The van der Waals surface area contributed by atoms with Crippen LogP contribution in [0.4, 0.5) is 4.79 Å². The van der Waals surface area contributed by atoms with Crippen molar-refractivity contribution in [1.82, 2.24) is 4.90 Å². The second kappa shape index (κ2) is 13.0. The van der Waals surface area contributed by atoms with E-state index in [9.17, 15) is 14.7 Å². The largest absolute Gasteiger partial charge is 0.497 e. The molecule has 0 aliphatic carbocycles. The summed E-state index contributed by atoms with van der Waals surface area (Å²) in [5, 5.41) is 9.27. The van der Waals surface area contributed by atoms with Crippen LogP contribution in [0.5, 0.6) is 17.2 Å². The average Bonchev–Trinajstić information content (AvgIpc) is 3.32. The molecule has 0 atom stereocenters. The van der Waals surface area contributed by atoms with Crippen LogP contribution >= 0.6 is 0 Å². The Bertz CT molecular complexity index is 1410. The summed E-state index contributed by atoms with van der Waals surface area (Å²) >= 11 is 0. The first-order valence-electron chi connectivity index (χ1n) is 12.3. The number of hydrogen-bond donors (Lipinski definition) is 1. The smallest absolute Gasteiger partial charge is 0.416 e. The van der Waals surface area contributed by atoms with Crippen molar-refractivity contribution in [2.75, 3.05) is 20.3 Å². The van der Waals surface area contributed by atoms with E-state index in [0.29, 0.717) is 18.1 Å². The van der Waals surface area contributed by atoms with E-state index in [1.54, 1.807) is 48.5 Å². The van der Waals surface area contributed by atoms with Gasteiger partial charge in [-0.3, -0.25) is 9.69 Å². The van der Waals surface area contributed by atoms with Crippen molar-refractivity contribution in [2.45, 2.75) is 13.5 Å². The summed E-state index contributed by atoms with van der Waals surface area (Å²) in [6.45, 7) is 1.83. The van der Waals surface area contributed by atoms with E-state index in [-0.39, 0.29) is 12.3 Å². The molecule has 0 aliphatic rings. The van der Waals surface area contributed by atoms with Crippen molar-refractivity contribution in [3.8, 4) is 28.6 Å².